The van der Waals surface area contributed by atoms with Gasteiger partial charge in [0, 0.05) is 6.54 Å². The number of pyridine rings is 1. The van der Waals surface area contributed by atoms with Crippen LogP contribution >= 0.6 is 11.6 Å². The summed E-state index contributed by atoms with van der Waals surface area (Å²) in [7, 11) is 0. The van der Waals surface area contributed by atoms with Crippen molar-refractivity contribution >= 4 is 23.3 Å². The molecule has 0 aromatic carbocycles. The number of hydrogen-bond donors (Lipinski definition) is 3. The van der Waals surface area contributed by atoms with Crippen LogP contribution in [0.1, 0.15) is 49.9 Å². The second-order valence-electron chi connectivity index (χ2n) is 7.30. The molecule has 25 heavy (non-hydrogen) atoms. The minimum Gasteiger partial charge on any atom is -0.384 e. The number of rotatable bonds is 7. The highest BCUT2D eigenvalue weighted by molar-refractivity contribution is 6.33. The van der Waals surface area contributed by atoms with Gasteiger partial charge in [0.15, 0.2) is 0 Å². The molecule has 6 nitrogen and oxygen atoms in total. The minimum atomic E-state index is -0.514. The van der Waals surface area contributed by atoms with Crippen molar-refractivity contribution in [1.82, 2.24) is 15.2 Å². The number of likely N-dealkylation sites (tertiary alicyclic amines) is 1. The first-order valence-corrected chi connectivity index (χ1v) is 9.43. The molecule has 140 valence electrons. The van der Waals surface area contributed by atoms with E-state index in [4.69, 9.17) is 17.3 Å². The van der Waals surface area contributed by atoms with Gasteiger partial charge in [-0.1, -0.05) is 25.4 Å². The molecular formula is C18H29ClN4O2. The largest absolute Gasteiger partial charge is 0.384 e. The van der Waals surface area contributed by atoms with E-state index in [-0.39, 0.29) is 16.4 Å². The number of H-pyrrole nitrogens is 1. The van der Waals surface area contributed by atoms with E-state index in [1.54, 1.807) is 0 Å². The molecule has 0 aliphatic carbocycles. The third-order valence-electron chi connectivity index (χ3n) is 4.78. The highest BCUT2D eigenvalue weighted by atomic mass is 35.5. The van der Waals surface area contributed by atoms with Crippen molar-refractivity contribution in [2.75, 3.05) is 31.9 Å². The Kier molecular flexibility index (Phi) is 7.32. The molecule has 0 atom stereocenters. The summed E-state index contributed by atoms with van der Waals surface area (Å²) in [5, 5.41) is 3.03. The van der Waals surface area contributed by atoms with Gasteiger partial charge in [0.2, 0.25) is 0 Å². The van der Waals surface area contributed by atoms with E-state index < -0.39 is 11.5 Å². The Labute approximate surface area is 154 Å². The summed E-state index contributed by atoms with van der Waals surface area (Å²) < 4.78 is 0. The maximum Gasteiger partial charge on any atom is 0.262 e. The van der Waals surface area contributed by atoms with Crippen LogP contribution in [0.25, 0.3) is 0 Å². The van der Waals surface area contributed by atoms with E-state index in [0.717, 1.165) is 38.4 Å². The van der Waals surface area contributed by atoms with Crippen LogP contribution in [0.4, 0.5) is 5.82 Å². The fourth-order valence-corrected chi connectivity index (χ4v) is 3.31. The molecule has 1 aliphatic heterocycles. The first-order chi connectivity index (χ1) is 11.9. The van der Waals surface area contributed by atoms with Crippen LogP contribution in [0.3, 0.4) is 0 Å². The Balaban J connectivity index is 1.75. The highest BCUT2D eigenvalue weighted by Gasteiger charge is 2.20. The van der Waals surface area contributed by atoms with Gasteiger partial charge in [-0.3, -0.25) is 9.59 Å². The Morgan fingerprint density at radius 1 is 1.44 bits per heavy atom. The van der Waals surface area contributed by atoms with E-state index >= 15 is 0 Å². The molecular weight excluding hydrogens is 340 g/mol. The van der Waals surface area contributed by atoms with Gasteiger partial charge in [0.25, 0.3) is 11.5 Å². The zero-order valence-electron chi connectivity index (χ0n) is 15.1. The molecule has 2 rings (SSSR count). The zero-order valence-corrected chi connectivity index (χ0v) is 15.9. The van der Waals surface area contributed by atoms with Crippen molar-refractivity contribution in [2.24, 2.45) is 11.8 Å². The number of nitrogens with one attached hydrogen (secondary N) is 2. The van der Waals surface area contributed by atoms with Crippen LogP contribution < -0.4 is 16.6 Å². The number of anilines is 1. The number of hydrogen-bond acceptors (Lipinski definition) is 4. The molecule has 1 saturated heterocycles. The Bertz CT molecular complexity index is 636. The maximum absolute atomic E-state index is 12.2. The smallest absolute Gasteiger partial charge is 0.262 e. The number of carbonyl (C=O) groups excluding carboxylic acids is 1. The van der Waals surface area contributed by atoms with Gasteiger partial charge in [-0.25, -0.2) is 0 Å². The number of nitrogen functional groups attached to an aromatic ring is 1. The van der Waals surface area contributed by atoms with Crippen LogP contribution in [0.15, 0.2) is 10.9 Å². The second kappa shape index (κ2) is 9.25. The van der Waals surface area contributed by atoms with Gasteiger partial charge in [-0.05, 0) is 63.2 Å². The van der Waals surface area contributed by atoms with Crippen molar-refractivity contribution < 1.29 is 4.79 Å². The number of carbonyl (C=O) groups is 1. The van der Waals surface area contributed by atoms with Crippen LogP contribution in [0.5, 0.6) is 0 Å². The predicted molar refractivity (Wildman–Crippen MR) is 102 cm³/mol. The quantitative estimate of drug-likeness (QED) is 0.689. The molecule has 7 heteroatoms. The second-order valence-corrected chi connectivity index (χ2v) is 7.71. The lowest BCUT2D eigenvalue weighted by Gasteiger charge is -2.32. The number of piperidine rings is 1. The first kappa shape index (κ1) is 19.8. The Morgan fingerprint density at radius 2 is 2.12 bits per heavy atom. The molecule has 4 N–H and O–H groups in total. The van der Waals surface area contributed by atoms with Crippen LogP contribution in [-0.4, -0.2) is 42.0 Å². The molecule has 1 aliphatic rings. The van der Waals surface area contributed by atoms with Gasteiger partial charge >= 0.3 is 0 Å². The normalized spacial score (nSPS) is 16.3. The molecule has 0 unspecified atom stereocenters. The SMILES string of the molecule is CC(C)CCCN1CCC(CNC(=O)c2cc(Cl)c(N)[nH]c2=O)CC1. The van der Waals surface area contributed by atoms with Gasteiger partial charge in [0.05, 0.1) is 5.02 Å². The average Bonchev–Trinajstić information content (AvgIpc) is 2.57. The van der Waals surface area contributed by atoms with Crippen LogP contribution in [0.2, 0.25) is 5.02 Å². The number of halogens is 1. The average molecular weight is 369 g/mol. The predicted octanol–water partition coefficient (Wildman–Crippen LogP) is 2.49. The molecule has 1 aromatic heterocycles. The monoisotopic (exact) mass is 368 g/mol. The van der Waals surface area contributed by atoms with E-state index in [1.165, 1.54) is 18.9 Å². The topological polar surface area (TPSA) is 91.2 Å². The van der Waals surface area contributed by atoms with Crippen molar-refractivity contribution in [3.8, 4) is 0 Å². The molecule has 0 bridgehead atoms. The third-order valence-corrected chi connectivity index (χ3v) is 5.09. The summed E-state index contributed by atoms with van der Waals surface area (Å²) in [5.74, 6) is 0.891. The van der Waals surface area contributed by atoms with Crippen molar-refractivity contribution in [2.45, 2.75) is 39.5 Å². The molecule has 1 aromatic rings. The summed E-state index contributed by atoms with van der Waals surface area (Å²) in [6.07, 6.45) is 4.66. The maximum atomic E-state index is 12.2. The third kappa shape index (κ3) is 6.04. The van der Waals surface area contributed by atoms with Crippen LogP contribution in [-0.2, 0) is 0 Å². The van der Waals surface area contributed by atoms with Gasteiger partial charge in [-0.2, -0.15) is 0 Å². The van der Waals surface area contributed by atoms with E-state index in [0.29, 0.717) is 12.5 Å². The summed E-state index contributed by atoms with van der Waals surface area (Å²) >= 11 is 5.88. The van der Waals surface area contributed by atoms with E-state index in [9.17, 15) is 9.59 Å². The van der Waals surface area contributed by atoms with E-state index in [1.807, 2.05) is 0 Å². The lowest BCUT2D eigenvalue weighted by molar-refractivity contribution is 0.0934. The standard InChI is InChI=1S/C18H29ClN4O2/c1-12(2)4-3-7-23-8-5-13(6-9-23)11-21-17(24)14-10-15(19)16(20)22-18(14)25/h10,12-13H,3-9,11H2,1-2H3,(H,21,24)(H3,20,22,25). The molecule has 0 radical (unpaired) electrons. The number of nitrogens with two attached hydrogens (primary N) is 1. The highest BCUT2D eigenvalue weighted by Crippen LogP contribution is 2.18. The zero-order chi connectivity index (χ0) is 18.4. The van der Waals surface area contributed by atoms with E-state index in [2.05, 4.69) is 29.0 Å². The van der Waals surface area contributed by atoms with Gasteiger partial charge in [-0.15, -0.1) is 0 Å². The lowest BCUT2D eigenvalue weighted by Crippen LogP contribution is -2.40. The molecule has 2 heterocycles. The number of aromatic nitrogens is 1. The summed E-state index contributed by atoms with van der Waals surface area (Å²) in [6, 6.07) is 1.32. The summed E-state index contributed by atoms with van der Waals surface area (Å²) in [6.45, 7) is 8.42. The minimum absolute atomic E-state index is 0.00493. The Hall–Kier alpha value is -1.53. The fraction of sp³-hybridized carbons (Fsp3) is 0.667. The van der Waals surface area contributed by atoms with Crippen LogP contribution in [0, 0.1) is 11.8 Å². The van der Waals surface area contributed by atoms with Gasteiger partial charge < -0.3 is 20.9 Å². The lowest BCUT2D eigenvalue weighted by atomic mass is 9.96. The molecule has 1 amide bonds. The summed E-state index contributed by atoms with van der Waals surface area (Å²) in [5.41, 5.74) is 5.01. The summed E-state index contributed by atoms with van der Waals surface area (Å²) in [4.78, 5) is 28.9. The number of nitrogens with zero attached hydrogens (tertiary/aromatic N) is 1. The Morgan fingerprint density at radius 3 is 2.76 bits per heavy atom. The van der Waals surface area contributed by atoms with Crippen molar-refractivity contribution in [3.63, 3.8) is 0 Å². The molecule has 0 spiro atoms. The van der Waals surface area contributed by atoms with Gasteiger partial charge in [0.1, 0.15) is 11.4 Å². The van der Waals surface area contributed by atoms with Crippen molar-refractivity contribution in [3.05, 3.63) is 27.0 Å². The number of amides is 1. The first-order valence-electron chi connectivity index (χ1n) is 9.05. The molecule has 0 saturated carbocycles. The van der Waals surface area contributed by atoms with Crippen molar-refractivity contribution in [1.29, 1.82) is 0 Å². The molecule has 1 fully saturated rings. The number of aromatic amines is 1. The fourth-order valence-electron chi connectivity index (χ4n) is 3.16.